The molecule has 0 amide bonds. The largest absolute Gasteiger partial charge is 0.461 e. The van der Waals surface area contributed by atoms with Crippen LogP contribution in [0.3, 0.4) is 0 Å². The molecule has 0 spiro atoms. The molecule has 0 aliphatic rings. The Morgan fingerprint density at radius 2 is 1.58 bits per heavy atom. The summed E-state index contributed by atoms with van der Waals surface area (Å²) in [6.45, 7) is 7.68. The first-order valence-corrected chi connectivity index (χ1v) is 9.00. The van der Waals surface area contributed by atoms with Crippen LogP contribution in [0.15, 0.2) is 59.5 Å². The monoisotopic (exact) mass is 375 g/mol. The summed E-state index contributed by atoms with van der Waals surface area (Å²) in [4.78, 5) is 23.7. The van der Waals surface area contributed by atoms with Crippen molar-refractivity contribution in [2.45, 2.75) is 32.6 Å². The fourth-order valence-corrected chi connectivity index (χ4v) is 1.91. The van der Waals surface area contributed by atoms with Crippen molar-refractivity contribution < 1.29 is 18.9 Å². The van der Waals surface area contributed by atoms with Crippen LogP contribution in [-0.2, 0) is 9.53 Å². The second-order valence-corrected chi connectivity index (χ2v) is 5.35. The Bertz CT molecular complexity index is 685. The Morgan fingerprint density at radius 3 is 2.00 bits per heavy atom. The van der Waals surface area contributed by atoms with Gasteiger partial charge in [0.25, 0.3) is 0 Å². The van der Waals surface area contributed by atoms with Crippen LogP contribution in [0.2, 0.25) is 0 Å². The lowest BCUT2D eigenvalue weighted by atomic mass is 10.1. The lowest BCUT2D eigenvalue weighted by Gasteiger charge is -2.03. The van der Waals surface area contributed by atoms with Crippen LogP contribution in [0.25, 0.3) is 0 Å². The highest BCUT2D eigenvalue weighted by molar-refractivity contribution is 7.93. The highest BCUT2D eigenvalue weighted by Gasteiger charge is 2.20. The number of ether oxygens (including phenoxy) is 1. The first kappa shape index (κ1) is 23.6. The summed E-state index contributed by atoms with van der Waals surface area (Å²) in [7, 11) is 0. The number of esters is 1. The van der Waals surface area contributed by atoms with Crippen molar-refractivity contribution >= 4 is 29.5 Å². The van der Waals surface area contributed by atoms with Gasteiger partial charge in [0.1, 0.15) is 0 Å². The van der Waals surface area contributed by atoms with E-state index in [4.69, 9.17) is 9.96 Å². The Morgan fingerprint density at radius 1 is 1.04 bits per heavy atom. The smallest absolute Gasteiger partial charge is 0.360 e. The zero-order valence-electron chi connectivity index (χ0n) is 15.5. The van der Waals surface area contributed by atoms with Crippen LogP contribution in [0.1, 0.15) is 36.7 Å². The minimum absolute atomic E-state index is 0.155. The third kappa shape index (κ3) is 8.60. The van der Waals surface area contributed by atoms with Crippen molar-refractivity contribution in [3.05, 3.63) is 65.7 Å². The van der Waals surface area contributed by atoms with Gasteiger partial charge < -0.3 is 9.29 Å². The van der Waals surface area contributed by atoms with Crippen LogP contribution < -0.4 is 0 Å². The highest BCUT2D eigenvalue weighted by Crippen LogP contribution is 2.11. The minimum Gasteiger partial charge on any atom is -0.461 e. The van der Waals surface area contributed by atoms with Crippen LogP contribution in [-0.4, -0.2) is 28.6 Å². The van der Waals surface area contributed by atoms with Gasteiger partial charge in [-0.25, -0.2) is 4.79 Å². The van der Waals surface area contributed by atoms with Crippen molar-refractivity contribution in [2.75, 3.05) is 6.61 Å². The predicted molar refractivity (Wildman–Crippen MR) is 106 cm³/mol. The van der Waals surface area contributed by atoms with E-state index in [1.54, 1.807) is 31.2 Å². The molecule has 2 aromatic carbocycles. The SMILES string of the molecule is CC.CCOC(=O)C(=N)C(=O)c1ccc(C)cc1.OSc1ccccc1. The number of rotatable bonds is 5. The van der Waals surface area contributed by atoms with E-state index >= 15 is 0 Å². The van der Waals surface area contributed by atoms with Gasteiger partial charge in [-0.1, -0.05) is 61.9 Å². The van der Waals surface area contributed by atoms with E-state index in [0.29, 0.717) is 5.56 Å². The molecule has 26 heavy (non-hydrogen) atoms. The van der Waals surface area contributed by atoms with Gasteiger partial charge in [-0.2, -0.15) is 0 Å². The molecule has 0 aliphatic heterocycles. The lowest BCUT2D eigenvalue weighted by Crippen LogP contribution is -2.25. The molecule has 5 nitrogen and oxygen atoms in total. The standard InChI is InChI=1S/C12H13NO3.C6H6OS.C2H6/c1-3-16-12(15)10(13)11(14)9-6-4-8(2)5-7-9;7-8-6-4-2-1-3-5-6;1-2/h4-7,13H,3H2,1-2H3;1-5,7H;1-2H3. The van der Waals surface area contributed by atoms with Gasteiger partial charge in [0.15, 0.2) is 5.71 Å². The topological polar surface area (TPSA) is 87.5 Å². The summed E-state index contributed by atoms with van der Waals surface area (Å²) >= 11 is 0.769. The molecule has 2 N–H and O–H groups in total. The Kier molecular flexibility index (Phi) is 12.5. The van der Waals surface area contributed by atoms with Gasteiger partial charge in [0.05, 0.1) is 6.61 Å². The van der Waals surface area contributed by atoms with E-state index in [0.717, 1.165) is 22.5 Å². The fourth-order valence-electron chi connectivity index (χ4n) is 1.63. The number of carbonyl (C=O) groups excluding carboxylic acids is 2. The van der Waals surface area contributed by atoms with E-state index in [9.17, 15) is 9.59 Å². The predicted octanol–water partition coefficient (Wildman–Crippen LogP) is 5.04. The first-order valence-electron chi connectivity index (χ1n) is 8.23. The molecule has 0 saturated heterocycles. The average molecular weight is 375 g/mol. The molecule has 140 valence electrons. The molecule has 0 radical (unpaired) electrons. The molecule has 6 heteroatoms. The number of Topliss-reactive ketones (excluding diaryl/α,β-unsaturated/α-hetero) is 1. The van der Waals surface area contributed by atoms with Crippen molar-refractivity contribution in [1.29, 1.82) is 5.41 Å². The number of carbonyl (C=O) groups is 2. The molecule has 0 aliphatic carbocycles. The van der Waals surface area contributed by atoms with Crippen LogP contribution in [0, 0.1) is 12.3 Å². The Labute approximate surface area is 159 Å². The van der Waals surface area contributed by atoms with Crippen LogP contribution >= 0.6 is 12.0 Å². The summed E-state index contributed by atoms with van der Waals surface area (Å²) in [5.41, 5.74) is 0.702. The molecular weight excluding hydrogens is 350 g/mol. The summed E-state index contributed by atoms with van der Waals surface area (Å²) in [5, 5.41) is 7.37. The molecule has 0 heterocycles. The third-order valence-electron chi connectivity index (χ3n) is 2.87. The van der Waals surface area contributed by atoms with Crippen LogP contribution in [0.5, 0.6) is 0 Å². The van der Waals surface area contributed by atoms with E-state index in [1.807, 2.05) is 51.1 Å². The second kappa shape index (κ2) is 13.8. The number of aryl methyl sites for hydroxylation is 1. The highest BCUT2D eigenvalue weighted by atomic mass is 32.2. The summed E-state index contributed by atoms with van der Waals surface area (Å²) in [6.07, 6.45) is 0. The van der Waals surface area contributed by atoms with Gasteiger partial charge in [0, 0.05) is 22.5 Å². The zero-order chi connectivity index (χ0) is 19.9. The van der Waals surface area contributed by atoms with E-state index in [2.05, 4.69) is 4.74 Å². The molecule has 0 atom stereocenters. The first-order chi connectivity index (χ1) is 12.5. The van der Waals surface area contributed by atoms with Crippen LogP contribution in [0.4, 0.5) is 0 Å². The minimum atomic E-state index is -0.881. The molecule has 0 fully saturated rings. The number of hydrogen-bond acceptors (Lipinski definition) is 6. The van der Waals surface area contributed by atoms with Gasteiger partial charge in [-0.15, -0.1) is 0 Å². The lowest BCUT2D eigenvalue weighted by molar-refractivity contribution is -0.134. The Hall–Kier alpha value is -2.44. The average Bonchev–Trinajstić information content (AvgIpc) is 2.70. The molecule has 2 rings (SSSR count). The van der Waals surface area contributed by atoms with E-state index < -0.39 is 17.5 Å². The maximum atomic E-state index is 11.6. The number of benzene rings is 2. The van der Waals surface area contributed by atoms with Gasteiger partial charge in [0.2, 0.25) is 5.78 Å². The van der Waals surface area contributed by atoms with Crippen molar-refractivity contribution in [1.82, 2.24) is 0 Å². The van der Waals surface area contributed by atoms with Gasteiger partial charge >= 0.3 is 5.97 Å². The summed E-state index contributed by atoms with van der Waals surface area (Å²) in [6, 6.07) is 16.1. The molecule has 0 unspecified atom stereocenters. The number of nitrogens with one attached hydrogen (secondary N) is 1. The number of ketones is 1. The fraction of sp³-hybridized carbons (Fsp3) is 0.250. The van der Waals surface area contributed by atoms with Gasteiger partial charge in [-0.05, 0) is 26.0 Å². The number of hydrogen-bond donors (Lipinski definition) is 2. The summed E-state index contributed by atoms with van der Waals surface area (Å²) in [5.74, 6) is -1.49. The second-order valence-electron chi connectivity index (χ2n) is 4.69. The zero-order valence-corrected chi connectivity index (χ0v) is 16.3. The molecule has 0 bridgehead atoms. The molecular formula is C20H25NO4S. The molecule has 2 aromatic rings. The third-order valence-corrected chi connectivity index (χ3v) is 3.35. The van der Waals surface area contributed by atoms with Gasteiger partial charge in [-0.3, -0.25) is 10.2 Å². The Balaban J connectivity index is 0.000000522. The van der Waals surface area contributed by atoms with E-state index in [1.165, 1.54) is 0 Å². The quantitative estimate of drug-likeness (QED) is 0.251. The molecule has 0 saturated carbocycles. The van der Waals surface area contributed by atoms with E-state index in [-0.39, 0.29) is 6.61 Å². The maximum absolute atomic E-state index is 11.6. The van der Waals surface area contributed by atoms with Crippen molar-refractivity contribution in [3.8, 4) is 0 Å². The van der Waals surface area contributed by atoms with Crippen molar-refractivity contribution in [2.24, 2.45) is 0 Å². The molecule has 0 aromatic heterocycles. The maximum Gasteiger partial charge on any atom is 0.360 e. The summed E-state index contributed by atoms with van der Waals surface area (Å²) < 4.78 is 13.0. The normalized spacial score (nSPS) is 8.96. The van der Waals surface area contributed by atoms with Crippen molar-refractivity contribution in [3.63, 3.8) is 0 Å².